The fourth-order valence-corrected chi connectivity index (χ4v) is 4.96. The Balaban J connectivity index is 2.29. The lowest BCUT2D eigenvalue weighted by Gasteiger charge is -2.14. The zero-order chi connectivity index (χ0) is 8.44. The summed E-state index contributed by atoms with van der Waals surface area (Å²) in [5, 5.41) is 1.42. The Bertz CT molecular complexity index is 252. The summed E-state index contributed by atoms with van der Waals surface area (Å²) in [4.78, 5) is 0. The standard InChI is InChI=1S/C10H15NP/c11-12(8-4-5-9-12)10-6-2-1-3-7-10/h1-3,6-7H,4-5,8-9,11H2/q+1. The molecule has 0 bridgehead atoms. The molecule has 0 radical (unpaired) electrons. The van der Waals surface area contributed by atoms with Gasteiger partial charge in [-0.1, -0.05) is 18.2 Å². The number of hydrogen-bond donors (Lipinski definition) is 1. The van der Waals surface area contributed by atoms with E-state index in [1.807, 2.05) is 0 Å². The van der Waals surface area contributed by atoms with Crippen molar-refractivity contribution in [1.82, 2.24) is 0 Å². The van der Waals surface area contributed by atoms with Gasteiger partial charge in [-0.15, -0.1) is 0 Å². The van der Waals surface area contributed by atoms with Crippen LogP contribution in [0.3, 0.4) is 0 Å². The van der Waals surface area contributed by atoms with Crippen LogP contribution in [0.2, 0.25) is 0 Å². The van der Waals surface area contributed by atoms with Gasteiger partial charge in [0.25, 0.3) is 0 Å². The van der Waals surface area contributed by atoms with E-state index in [4.69, 9.17) is 5.50 Å². The first-order chi connectivity index (χ1) is 5.81. The molecule has 1 aliphatic heterocycles. The molecule has 0 aromatic heterocycles. The molecule has 0 spiro atoms. The summed E-state index contributed by atoms with van der Waals surface area (Å²) in [5.74, 6) is 0. The molecule has 1 nitrogen and oxygen atoms in total. The highest BCUT2D eigenvalue weighted by molar-refractivity contribution is 7.81. The first-order valence-electron chi connectivity index (χ1n) is 4.52. The summed E-state index contributed by atoms with van der Waals surface area (Å²) in [6.07, 6.45) is 5.19. The van der Waals surface area contributed by atoms with Crippen LogP contribution in [-0.4, -0.2) is 12.3 Å². The van der Waals surface area contributed by atoms with Crippen LogP contribution in [0.5, 0.6) is 0 Å². The van der Waals surface area contributed by atoms with Crippen molar-refractivity contribution in [1.29, 1.82) is 0 Å². The predicted octanol–water partition coefficient (Wildman–Crippen LogP) is 2.00. The van der Waals surface area contributed by atoms with E-state index >= 15 is 0 Å². The lowest BCUT2D eigenvalue weighted by Crippen LogP contribution is -2.19. The molecule has 0 atom stereocenters. The topological polar surface area (TPSA) is 26.0 Å². The summed E-state index contributed by atoms with van der Waals surface area (Å²) in [5.41, 5.74) is 6.39. The monoisotopic (exact) mass is 180 g/mol. The Kier molecular flexibility index (Phi) is 2.16. The van der Waals surface area contributed by atoms with Crippen LogP contribution < -0.4 is 10.8 Å². The average Bonchev–Trinajstić information content (AvgIpc) is 2.55. The average molecular weight is 180 g/mol. The second kappa shape index (κ2) is 3.16. The highest BCUT2D eigenvalue weighted by Gasteiger charge is 2.38. The highest BCUT2D eigenvalue weighted by Crippen LogP contribution is 2.54. The molecule has 0 amide bonds. The minimum atomic E-state index is -1.17. The first-order valence-corrected chi connectivity index (χ1v) is 6.75. The summed E-state index contributed by atoms with van der Waals surface area (Å²) in [6.45, 7) is 0. The van der Waals surface area contributed by atoms with E-state index in [-0.39, 0.29) is 0 Å². The molecule has 1 aliphatic rings. The fraction of sp³-hybridized carbons (Fsp3) is 0.400. The third kappa shape index (κ3) is 1.39. The summed E-state index contributed by atoms with van der Waals surface area (Å²) < 4.78 is 0. The molecular formula is C10H15NP+. The number of rotatable bonds is 1. The van der Waals surface area contributed by atoms with Gasteiger partial charge in [0.1, 0.15) is 12.7 Å². The summed E-state index contributed by atoms with van der Waals surface area (Å²) in [6, 6.07) is 10.6. The lowest BCUT2D eigenvalue weighted by atomic mass is 10.4. The van der Waals surface area contributed by atoms with E-state index in [0.717, 1.165) is 0 Å². The molecule has 0 aliphatic carbocycles. The second-order valence-corrected chi connectivity index (χ2v) is 7.00. The molecule has 64 valence electrons. The fourth-order valence-electron chi connectivity index (χ4n) is 1.88. The van der Waals surface area contributed by atoms with Crippen molar-refractivity contribution < 1.29 is 0 Å². The van der Waals surface area contributed by atoms with E-state index in [2.05, 4.69) is 30.3 Å². The highest BCUT2D eigenvalue weighted by atomic mass is 31.2. The Morgan fingerprint density at radius 2 is 1.58 bits per heavy atom. The first kappa shape index (κ1) is 8.22. The van der Waals surface area contributed by atoms with Crippen LogP contribution in [0.1, 0.15) is 12.8 Å². The second-order valence-electron chi connectivity index (χ2n) is 3.52. The van der Waals surface area contributed by atoms with Crippen LogP contribution in [0.4, 0.5) is 0 Å². The Morgan fingerprint density at radius 3 is 2.17 bits per heavy atom. The molecule has 2 rings (SSSR count). The van der Waals surface area contributed by atoms with Crippen molar-refractivity contribution >= 4 is 12.7 Å². The molecule has 1 fully saturated rings. The van der Waals surface area contributed by atoms with E-state index in [1.54, 1.807) is 0 Å². The zero-order valence-electron chi connectivity index (χ0n) is 7.24. The molecule has 12 heavy (non-hydrogen) atoms. The van der Waals surface area contributed by atoms with Gasteiger partial charge in [0, 0.05) is 0 Å². The minimum Gasteiger partial charge on any atom is -0.200 e. The van der Waals surface area contributed by atoms with Crippen molar-refractivity contribution in [3.05, 3.63) is 30.3 Å². The van der Waals surface area contributed by atoms with Gasteiger partial charge in [-0.25, -0.2) is 5.50 Å². The maximum atomic E-state index is 6.39. The van der Waals surface area contributed by atoms with E-state index in [9.17, 15) is 0 Å². The minimum absolute atomic E-state index is 1.17. The van der Waals surface area contributed by atoms with Crippen molar-refractivity contribution in [2.24, 2.45) is 5.50 Å². The number of hydrogen-bond acceptors (Lipinski definition) is 1. The third-order valence-corrected chi connectivity index (χ3v) is 6.19. The van der Waals surface area contributed by atoms with Gasteiger partial charge in [-0.05, 0) is 25.0 Å². The van der Waals surface area contributed by atoms with Crippen molar-refractivity contribution in [2.75, 3.05) is 12.3 Å². The van der Waals surface area contributed by atoms with Crippen LogP contribution in [0.15, 0.2) is 30.3 Å². The molecule has 0 unspecified atom stereocenters. The predicted molar refractivity (Wildman–Crippen MR) is 56.2 cm³/mol. The molecule has 1 saturated heterocycles. The van der Waals surface area contributed by atoms with Crippen molar-refractivity contribution in [2.45, 2.75) is 12.8 Å². The third-order valence-electron chi connectivity index (χ3n) is 2.63. The van der Waals surface area contributed by atoms with E-state index in [0.29, 0.717) is 0 Å². The Morgan fingerprint density at radius 1 is 1.00 bits per heavy atom. The van der Waals surface area contributed by atoms with Gasteiger partial charge in [0.2, 0.25) is 0 Å². The Labute approximate surface area is 74.4 Å². The smallest absolute Gasteiger partial charge is 0.111 e. The molecule has 2 N–H and O–H groups in total. The maximum absolute atomic E-state index is 6.39. The van der Waals surface area contributed by atoms with Crippen molar-refractivity contribution in [3.63, 3.8) is 0 Å². The molecule has 0 saturated carbocycles. The van der Waals surface area contributed by atoms with E-state index < -0.39 is 7.41 Å². The van der Waals surface area contributed by atoms with Crippen molar-refractivity contribution in [3.8, 4) is 0 Å². The van der Waals surface area contributed by atoms with Crippen LogP contribution in [0.25, 0.3) is 0 Å². The number of nitrogens with two attached hydrogens (primary N) is 1. The normalized spacial score (nSPS) is 21.1. The molecule has 1 aromatic carbocycles. The SMILES string of the molecule is N[P+]1(c2ccccc2)CCCC1. The van der Waals surface area contributed by atoms with Gasteiger partial charge in [-0.3, -0.25) is 0 Å². The van der Waals surface area contributed by atoms with Crippen LogP contribution >= 0.6 is 7.41 Å². The van der Waals surface area contributed by atoms with Gasteiger partial charge < -0.3 is 0 Å². The summed E-state index contributed by atoms with van der Waals surface area (Å²) in [7, 11) is -1.17. The van der Waals surface area contributed by atoms with Crippen LogP contribution in [-0.2, 0) is 0 Å². The molecule has 2 heteroatoms. The van der Waals surface area contributed by atoms with Gasteiger partial charge in [0.05, 0.1) is 12.3 Å². The van der Waals surface area contributed by atoms with Crippen LogP contribution in [0, 0.1) is 0 Å². The lowest BCUT2D eigenvalue weighted by molar-refractivity contribution is 0.949. The quantitative estimate of drug-likeness (QED) is 0.657. The summed E-state index contributed by atoms with van der Waals surface area (Å²) >= 11 is 0. The van der Waals surface area contributed by atoms with Gasteiger partial charge in [0.15, 0.2) is 0 Å². The Hall–Kier alpha value is -0.390. The largest absolute Gasteiger partial charge is 0.200 e. The van der Waals surface area contributed by atoms with Gasteiger partial charge in [-0.2, -0.15) is 0 Å². The van der Waals surface area contributed by atoms with Gasteiger partial charge >= 0.3 is 0 Å². The number of benzene rings is 1. The molecule has 1 aromatic rings. The molecular weight excluding hydrogens is 165 g/mol. The zero-order valence-corrected chi connectivity index (χ0v) is 8.13. The molecule has 1 heterocycles. The maximum Gasteiger partial charge on any atom is 0.111 e. The van der Waals surface area contributed by atoms with E-state index in [1.165, 1.54) is 30.5 Å².